The Labute approximate surface area is 215 Å². The molecule has 1 fully saturated rings. The average molecular weight is 535 g/mol. The standard InChI is InChI=1S/C24H25F3N6O3S/c1-4-35-20-13-28-12-17(30-20)14-5-8-16(18(11-14)36-24(25,26)27)31-21(34)23(2,3)19-9-10-29-22(32-19)33-37-15-6-7-15/h5,8-13,15H,4,6-7H2,1-3H3,(H,31,34)(H,29,32,33). The molecule has 0 unspecified atom stereocenters. The Kier molecular flexibility index (Phi) is 7.71. The van der Waals surface area contributed by atoms with Gasteiger partial charge in [0.25, 0.3) is 0 Å². The molecule has 1 saturated carbocycles. The summed E-state index contributed by atoms with van der Waals surface area (Å²) in [4.78, 5) is 30.1. The summed E-state index contributed by atoms with van der Waals surface area (Å²) < 4.78 is 52.3. The van der Waals surface area contributed by atoms with Gasteiger partial charge in [-0.3, -0.25) is 14.5 Å². The van der Waals surface area contributed by atoms with Crippen LogP contribution in [0.4, 0.5) is 24.8 Å². The number of carbonyl (C=O) groups is 1. The van der Waals surface area contributed by atoms with Gasteiger partial charge in [-0.05, 0) is 63.8 Å². The van der Waals surface area contributed by atoms with Crippen LogP contribution in [-0.2, 0) is 10.2 Å². The second kappa shape index (κ2) is 10.8. The summed E-state index contributed by atoms with van der Waals surface area (Å²) in [5.74, 6) is -0.587. The zero-order valence-electron chi connectivity index (χ0n) is 20.3. The summed E-state index contributed by atoms with van der Waals surface area (Å²) in [6, 6.07) is 5.55. The van der Waals surface area contributed by atoms with E-state index in [1.165, 1.54) is 42.7 Å². The summed E-state index contributed by atoms with van der Waals surface area (Å²) in [7, 11) is 0. The van der Waals surface area contributed by atoms with Crippen LogP contribution in [0.1, 0.15) is 39.3 Å². The second-order valence-corrected chi connectivity index (χ2v) is 9.80. The topological polar surface area (TPSA) is 111 Å². The van der Waals surface area contributed by atoms with Crippen LogP contribution >= 0.6 is 11.9 Å². The lowest BCUT2D eigenvalue weighted by Crippen LogP contribution is -2.36. The van der Waals surface area contributed by atoms with Crippen LogP contribution in [-0.4, -0.2) is 44.1 Å². The van der Waals surface area contributed by atoms with Crippen LogP contribution in [0.2, 0.25) is 0 Å². The lowest BCUT2D eigenvalue weighted by Gasteiger charge is -2.24. The van der Waals surface area contributed by atoms with E-state index in [0.29, 0.717) is 29.1 Å². The van der Waals surface area contributed by atoms with Gasteiger partial charge in [0.15, 0.2) is 5.75 Å². The lowest BCUT2D eigenvalue weighted by molar-refractivity contribution is -0.274. The molecule has 196 valence electrons. The first-order valence-corrected chi connectivity index (χ1v) is 12.3. The first-order valence-electron chi connectivity index (χ1n) is 11.5. The molecule has 0 spiro atoms. The van der Waals surface area contributed by atoms with E-state index in [2.05, 4.69) is 34.7 Å². The average Bonchev–Trinajstić information content (AvgIpc) is 3.68. The number of amides is 1. The molecule has 1 aromatic carbocycles. The molecular formula is C24H25F3N6O3S. The van der Waals surface area contributed by atoms with Crippen molar-refractivity contribution in [2.75, 3.05) is 16.6 Å². The molecule has 37 heavy (non-hydrogen) atoms. The van der Waals surface area contributed by atoms with Crippen LogP contribution in [0.15, 0.2) is 42.9 Å². The van der Waals surface area contributed by atoms with Crippen molar-refractivity contribution in [1.82, 2.24) is 19.9 Å². The number of nitrogens with zero attached hydrogens (tertiary/aromatic N) is 4. The van der Waals surface area contributed by atoms with Crippen LogP contribution in [0.25, 0.3) is 11.3 Å². The Balaban J connectivity index is 1.58. The maximum atomic E-state index is 13.2. The van der Waals surface area contributed by atoms with E-state index in [1.54, 1.807) is 26.8 Å². The molecule has 9 nitrogen and oxygen atoms in total. The molecule has 1 amide bonds. The molecule has 13 heteroatoms. The molecule has 3 aromatic rings. The van der Waals surface area contributed by atoms with E-state index in [0.717, 1.165) is 18.9 Å². The number of halogens is 3. The number of ether oxygens (including phenoxy) is 2. The highest BCUT2D eigenvalue weighted by molar-refractivity contribution is 8.01. The molecule has 4 rings (SSSR count). The van der Waals surface area contributed by atoms with Crippen molar-refractivity contribution in [3.63, 3.8) is 0 Å². The predicted molar refractivity (Wildman–Crippen MR) is 133 cm³/mol. The zero-order valence-corrected chi connectivity index (χ0v) is 21.1. The van der Waals surface area contributed by atoms with Crippen LogP contribution < -0.4 is 19.5 Å². The lowest BCUT2D eigenvalue weighted by atomic mass is 9.88. The normalized spacial score (nSPS) is 13.7. The molecule has 0 radical (unpaired) electrons. The van der Waals surface area contributed by atoms with Gasteiger partial charge >= 0.3 is 6.36 Å². The molecule has 0 atom stereocenters. The minimum absolute atomic E-state index is 0.162. The maximum absolute atomic E-state index is 13.2. The highest BCUT2D eigenvalue weighted by Crippen LogP contribution is 2.36. The number of nitrogens with one attached hydrogen (secondary N) is 2. The number of hydrogen-bond donors (Lipinski definition) is 2. The van der Waals surface area contributed by atoms with Crippen molar-refractivity contribution in [2.24, 2.45) is 0 Å². The van der Waals surface area contributed by atoms with Gasteiger partial charge in [-0.2, -0.15) is 0 Å². The Hall–Kier alpha value is -3.61. The number of hydrogen-bond acceptors (Lipinski definition) is 9. The quantitative estimate of drug-likeness (QED) is 0.332. The van der Waals surface area contributed by atoms with Gasteiger partial charge in [0.2, 0.25) is 17.7 Å². The molecule has 1 aliphatic rings. The molecule has 2 N–H and O–H groups in total. The fourth-order valence-electron chi connectivity index (χ4n) is 3.17. The Bertz CT molecular complexity index is 1270. The molecular weight excluding hydrogens is 509 g/mol. The highest BCUT2D eigenvalue weighted by Gasteiger charge is 2.35. The minimum Gasteiger partial charge on any atom is -0.477 e. The highest BCUT2D eigenvalue weighted by atomic mass is 32.2. The van der Waals surface area contributed by atoms with Gasteiger partial charge in [-0.15, -0.1) is 13.2 Å². The number of aromatic nitrogens is 4. The van der Waals surface area contributed by atoms with Gasteiger partial charge in [0.1, 0.15) is 0 Å². The molecule has 0 saturated heterocycles. The largest absolute Gasteiger partial charge is 0.573 e. The van der Waals surface area contributed by atoms with Crippen molar-refractivity contribution in [3.05, 3.63) is 48.5 Å². The van der Waals surface area contributed by atoms with E-state index in [-0.39, 0.29) is 17.3 Å². The Morgan fingerprint density at radius 1 is 1.16 bits per heavy atom. The Morgan fingerprint density at radius 2 is 1.95 bits per heavy atom. The van der Waals surface area contributed by atoms with E-state index in [9.17, 15) is 18.0 Å². The summed E-state index contributed by atoms with van der Waals surface area (Å²) in [5, 5.41) is 3.07. The van der Waals surface area contributed by atoms with Gasteiger partial charge in [0, 0.05) is 17.0 Å². The summed E-state index contributed by atoms with van der Waals surface area (Å²) in [6.07, 6.45) is 1.57. The van der Waals surface area contributed by atoms with Crippen molar-refractivity contribution >= 4 is 29.5 Å². The number of anilines is 2. The van der Waals surface area contributed by atoms with Gasteiger partial charge in [-0.25, -0.2) is 15.0 Å². The Morgan fingerprint density at radius 3 is 2.65 bits per heavy atom. The fraction of sp³-hybridized carbons (Fsp3) is 0.375. The zero-order chi connectivity index (χ0) is 26.6. The predicted octanol–water partition coefficient (Wildman–Crippen LogP) is 5.37. The molecule has 0 bridgehead atoms. The summed E-state index contributed by atoms with van der Waals surface area (Å²) in [6.45, 7) is 5.37. The molecule has 2 aromatic heterocycles. The van der Waals surface area contributed by atoms with Crippen molar-refractivity contribution in [1.29, 1.82) is 0 Å². The molecule has 1 aliphatic carbocycles. The van der Waals surface area contributed by atoms with Crippen molar-refractivity contribution in [3.8, 4) is 22.9 Å². The third-order valence-corrected chi connectivity index (χ3v) is 6.47. The van der Waals surface area contributed by atoms with Gasteiger partial charge < -0.3 is 14.8 Å². The number of rotatable bonds is 10. The summed E-state index contributed by atoms with van der Waals surface area (Å²) >= 11 is 1.52. The smallest absolute Gasteiger partial charge is 0.477 e. The minimum atomic E-state index is -4.99. The van der Waals surface area contributed by atoms with E-state index < -0.39 is 23.4 Å². The third kappa shape index (κ3) is 7.00. The molecule has 2 heterocycles. The summed E-state index contributed by atoms with van der Waals surface area (Å²) in [5.41, 5.74) is -0.386. The molecule has 0 aliphatic heterocycles. The first kappa shape index (κ1) is 26.5. The van der Waals surface area contributed by atoms with E-state index >= 15 is 0 Å². The number of carbonyl (C=O) groups excluding carboxylic acids is 1. The van der Waals surface area contributed by atoms with Crippen molar-refractivity contribution in [2.45, 2.75) is 50.6 Å². The van der Waals surface area contributed by atoms with Crippen LogP contribution in [0.3, 0.4) is 0 Å². The van der Waals surface area contributed by atoms with E-state index in [1.807, 2.05) is 0 Å². The van der Waals surface area contributed by atoms with Gasteiger partial charge in [0.05, 0.1) is 41.5 Å². The monoisotopic (exact) mass is 534 g/mol. The van der Waals surface area contributed by atoms with E-state index in [4.69, 9.17) is 4.74 Å². The van der Waals surface area contributed by atoms with Gasteiger partial charge in [-0.1, -0.05) is 6.07 Å². The third-order valence-electron chi connectivity index (χ3n) is 5.36. The first-order chi connectivity index (χ1) is 17.5. The second-order valence-electron chi connectivity index (χ2n) is 8.70. The number of benzene rings is 1. The SMILES string of the molecule is CCOc1cncc(-c2ccc(NC(=O)C(C)(C)c3ccnc(NSC4CC4)n3)c(OC(F)(F)F)c2)n1. The number of alkyl halides is 3. The van der Waals surface area contributed by atoms with Crippen molar-refractivity contribution < 1.29 is 27.4 Å². The fourth-order valence-corrected chi connectivity index (χ4v) is 3.91. The van der Waals surface area contributed by atoms with Crippen LogP contribution in [0.5, 0.6) is 11.6 Å². The maximum Gasteiger partial charge on any atom is 0.573 e. The van der Waals surface area contributed by atoms with Crippen LogP contribution in [0, 0.1) is 0 Å².